The monoisotopic (exact) mass is 697 g/mol. The van der Waals surface area contributed by atoms with Crippen LogP contribution in [0.4, 0.5) is 28.4 Å². The molecule has 1 spiro atoms. The number of halogens is 4. The number of aromatic nitrogens is 3. The SMILES string of the molecule is O=C(Nc1nccs1)C(c1ncn2c1CCC2)N1Cc2c(F)cc(-c3ccc(N4CC5(CCNC5)C4)cc3)cc2C1=O.O=C(O)C(F)(F)F. The van der Waals surface area contributed by atoms with E-state index in [1.54, 1.807) is 24.0 Å². The van der Waals surface area contributed by atoms with Crippen molar-refractivity contribution in [1.82, 2.24) is 24.8 Å². The van der Waals surface area contributed by atoms with Crippen molar-refractivity contribution in [1.29, 1.82) is 0 Å². The van der Waals surface area contributed by atoms with Gasteiger partial charge in [0.05, 0.1) is 18.6 Å². The number of alkyl halides is 3. The molecule has 2 aromatic carbocycles. The van der Waals surface area contributed by atoms with Crippen molar-refractivity contribution in [3.05, 3.63) is 82.6 Å². The number of imidazole rings is 1. The summed E-state index contributed by atoms with van der Waals surface area (Å²) in [6.45, 7) is 5.09. The third-order valence-corrected chi connectivity index (χ3v) is 10.2. The van der Waals surface area contributed by atoms with E-state index in [9.17, 15) is 22.8 Å². The lowest BCUT2D eigenvalue weighted by Crippen LogP contribution is -2.57. The first kappa shape index (κ1) is 32.7. The summed E-state index contributed by atoms with van der Waals surface area (Å²) in [7, 11) is 0. The van der Waals surface area contributed by atoms with Crippen LogP contribution in [0.1, 0.15) is 46.2 Å². The molecule has 256 valence electrons. The highest BCUT2D eigenvalue weighted by molar-refractivity contribution is 7.13. The summed E-state index contributed by atoms with van der Waals surface area (Å²) < 4.78 is 49.4. The van der Waals surface area contributed by atoms with E-state index in [4.69, 9.17) is 9.90 Å². The summed E-state index contributed by atoms with van der Waals surface area (Å²) in [5.74, 6) is -3.99. The predicted octanol–water partition coefficient (Wildman–Crippen LogP) is 4.86. The molecule has 4 aromatic rings. The Balaban J connectivity index is 0.000000491. The van der Waals surface area contributed by atoms with Crippen LogP contribution >= 0.6 is 11.3 Å². The number of amides is 2. The Bertz CT molecular complexity index is 1900. The highest BCUT2D eigenvalue weighted by Crippen LogP contribution is 2.41. The number of carbonyl (C=O) groups is 3. The third-order valence-electron chi connectivity index (χ3n) is 9.48. The molecule has 0 bridgehead atoms. The fourth-order valence-corrected chi connectivity index (χ4v) is 7.57. The van der Waals surface area contributed by atoms with Gasteiger partial charge < -0.3 is 24.8 Å². The number of benzene rings is 2. The van der Waals surface area contributed by atoms with Crippen molar-refractivity contribution >= 4 is 39.9 Å². The number of nitrogens with zero attached hydrogens (tertiary/aromatic N) is 5. The number of hydrogen-bond donors (Lipinski definition) is 3. The number of thiazole rings is 1. The minimum absolute atomic E-state index is 0.00690. The van der Waals surface area contributed by atoms with E-state index in [1.165, 1.54) is 28.7 Å². The van der Waals surface area contributed by atoms with Gasteiger partial charge in [-0.15, -0.1) is 11.3 Å². The summed E-state index contributed by atoms with van der Waals surface area (Å²) in [4.78, 5) is 49.0. The summed E-state index contributed by atoms with van der Waals surface area (Å²) in [5.41, 5.74) is 5.11. The van der Waals surface area contributed by atoms with Crippen molar-refractivity contribution in [2.75, 3.05) is 36.4 Å². The number of fused-ring (bicyclic) bond motifs is 2. The Morgan fingerprint density at radius 2 is 1.86 bits per heavy atom. The molecule has 1 unspecified atom stereocenters. The number of nitrogens with one attached hydrogen (secondary N) is 2. The molecule has 6 heterocycles. The van der Waals surface area contributed by atoms with Crippen LogP contribution in [0.3, 0.4) is 0 Å². The predicted molar refractivity (Wildman–Crippen MR) is 172 cm³/mol. The number of anilines is 2. The number of aryl methyl sites for hydroxylation is 1. The highest BCUT2D eigenvalue weighted by atomic mass is 32.1. The quantitative estimate of drug-likeness (QED) is 0.244. The van der Waals surface area contributed by atoms with E-state index >= 15 is 4.39 Å². The number of aliphatic carboxylic acids is 1. The molecule has 0 radical (unpaired) electrons. The van der Waals surface area contributed by atoms with Crippen LogP contribution in [0.5, 0.6) is 0 Å². The number of hydrogen-bond acceptors (Lipinski definition) is 8. The Morgan fingerprint density at radius 1 is 1.10 bits per heavy atom. The van der Waals surface area contributed by atoms with Crippen LogP contribution in [-0.4, -0.2) is 74.7 Å². The van der Waals surface area contributed by atoms with Gasteiger partial charge >= 0.3 is 12.1 Å². The smallest absolute Gasteiger partial charge is 0.475 e. The van der Waals surface area contributed by atoms with E-state index in [2.05, 4.69) is 37.6 Å². The standard InChI is InChI=1S/C31H30FN7O2S.C2HF3O2/c32-24-13-20(19-3-5-21(6-4-19)38-16-31(17-38)7-8-33-15-31)12-22-23(24)14-39(29(22)41)27(28(40)36-30-34-9-11-42-30)26-25-2-1-10-37(25)18-35-26;3-2(4,5)1(6)7/h3-6,9,11-13,18,27,33H,1-2,7-8,10,14-17H2,(H,34,36,40);(H,6,7). The lowest BCUT2D eigenvalue weighted by Gasteiger charge is -2.49. The largest absolute Gasteiger partial charge is 0.490 e. The minimum atomic E-state index is -5.08. The first-order valence-electron chi connectivity index (χ1n) is 15.7. The molecule has 1 atom stereocenters. The normalized spacial score (nSPS) is 18.1. The molecule has 49 heavy (non-hydrogen) atoms. The maximum atomic E-state index is 15.6. The Hall–Kier alpha value is -4.83. The molecule has 4 aliphatic rings. The number of carbonyl (C=O) groups excluding carboxylic acids is 2. The molecule has 11 nitrogen and oxygen atoms in total. The van der Waals surface area contributed by atoms with Crippen LogP contribution in [0, 0.1) is 11.2 Å². The number of carboxylic acid groups (broad SMARTS) is 1. The van der Waals surface area contributed by atoms with Crippen LogP contribution in [0.15, 0.2) is 54.3 Å². The average Bonchev–Trinajstić information content (AvgIpc) is 3.88. The van der Waals surface area contributed by atoms with Gasteiger partial charge in [0.1, 0.15) is 5.82 Å². The molecule has 2 fully saturated rings. The van der Waals surface area contributed by atoms with Crippen molar-refractivity contribution in [2.45, 2.75) is 44.6 Å². The van der Waals surface area contributed by atoms with Gasteiger partial charge in [-0.05, 0) is 61.2 Å². The average molecular weight is 698 g/mol. The summed E-state index contributed by atoms with van der Waals surface area (Å²) in [6.07, 6.45) is 1.19. The second kappa shape index (κ2) is 12.6. The van der Waals surface area contributed by atoms with E-state index in [1.807, 2.05) is 16.7 Å². The summed E-state index contributed by atoms with van der Waals surface area (Å²) in [6, 6.07) is 10.4. The van der Waals surface area contributed by atoms with Gasteiger partial charge in [-0.2, -0.15) is 13.2 Å². The van der Waals surface area contributed by atoms with Crippen LogP contribution in [0.2, 0.25) is 0 Å². The number of rotatable bonds is 6. The van der Waals surface area contributed by atoms with Crippen molar-refractivity contribution < 1.29 is 37.1 Å². The Labute approximate surface area is 281 Å². The van der Waals surface area contributed by atoms with E-state index in [0.717, 1.165) is 62.5 Å². The maximum Gasteiger partial charge on any atom is 0.490 e. The first-order valence-corrected chi connectivity index (χ1v) is 16.5. The topological polar surface area (TPSA) is 133 Å². The fourth-order valence-electron chi connectivity index (χ4n) is 7.04. The summed E-state index contributed by atoms with van der Waals surface area (Å²) >= 11 is 1.30. The maximum absolute atomic E-state index is 15.6. The first-order chi connectivity index (χ1) is 23.4. The van der Waals surface area contributed by atoms with E-state index < -0.39 is 29.9 Å². The molecular formula is C33H31F4N7O4S. The number of carboxylic acids is 1. The molecule has 2 saturated heterocycles. The molecular weight excluding hydrogens is 666 g/mol. The van der Waals surface area contributed by atoms with E-state index in [-0.39, 0.29) is 18.0 Å². The Kier molecular flexibility index (Phi) is 8.39. The second-order valence-electron chi connectivity index (χ2n) is 12.7. The molecule has 4 aliphatic heterocycles. The lowest BCUT2D eigenvalue weighted by atomic mass is 9.79. The lowest BCUT2D eigenvalue weighted by molar-refractivity contribution is -0.192. The van der Waals surface area contributed by atoms with Crippen LogP contribution in [-0.2, 0) is 29.1 Å². The molecule has 0 saturated carbocycles. The molecule has 8 rings (SSSR count). The van der Waals surface area contributed by atoms with Crippen molar-refractivity contribution in [3.8, 4) is 11.1 Å². The van der Waals surface area contributed by atoms with Crippen molar-refractivity contribution in [3.63, 3.8) is 0 Å². The van der Waals surface area contributed by atoms with Gasteiger partial charge in [-0.3, -0.25) is 14.9 Å². The molecule has 0 aliphatic carbocycles. The molecule has 16 heteroatoms. The Morgan fingerprint density at radius 3 is 2.51 bits per heavy atom. The van der Waals surface area contributed by atoms with E-state index in [0.29, 0.717) is 27.4 Å². The second-order valence-corrected chi connectivity index (χ2v) is 13.5. The molecule has 2 amide bonds. The van der Waals surface area contributed by atoms with Gasteiger partial charge in [0.15, 0.2) is 11.2 Å². The third kappa shape index (κ3) is 6.25. The molecule has 3 N–H and O–H groups in total. The van der Waals surface area contributed by atoms with Gasteiger partial charge in [-0.1, -0.05) is 12.1 Å². The zero-order chi connectivity index (χ0) is 34.5. The van der Waals surface area contributed by atoms with Crippen LogP contribution in [0.25, 0.3) is 11.1 Å². The van der Waals surface area contributed by atoms with Gasteiger partial charge in [0, 0.05) is 65.7 Å². The van der Waals surface area contributed by atoms with Gasteiger partial charge in [0.2, 0.25) is 0 Å². The fraction of sp³-hybridized carbons (Fsp3) is 0.364. The highest BCUT2D eigenvalue weighted by Gasteiger charge is 2.45. The minimum Gasteiger partial charge on any atom is -0.475 e. The zero-order valence-electron chi connectivity index (χ0n) is 26.0. The summed E-state index contributed by atoms with van der Waals surface area (Å²) in [5, 5.41) is 15.6. The van der Waals surface area contributed by atoms with Crippen LogP contribution < -0.4 is 15.5 Å². The molecule has 2 aromatic heterocycles. The van der Waals surface area contributed by atoms with Gasteiger partial charge in [-0.25, -0.2) is 19.2 Å². The van der Waals surface area contributed by atoms with Crippen molar-refractivity contribution in [2.24, 2.45) is 5.41 Å². The van der Waals surface area contributed by atoms with Gasteiger partial charge in [0.25, 0.3) is 11.8 Å². The zero-order valence-corrected chi connectivity index (χ0v) is 26.8.